The number of aromatic nitrogens is 2. The molecule has 4 rings (SSSR count). The fourth-order valence-electron chi connectivity index (χ4n) is 4.20. The van der Waals surface area contributed by atoms with Crippen LogP contribution in [0.2, 0.25) is 5.02 Å². The normalized spacial score (nSPS) is 18.0. The SMILES string of the molecule is Cc1cc(NCC2CCC(C(=O)O)C2)ccc1-c1nc(-c2ccc(OC(C)C)c(Cl)c2)no1. The first kappa shape index (κ1) is 23.1. The molecule has 1 fully saturated rings. The first-order chi connectivity index (χ1) is 15.8. The van der Waals surface area contributed by atoms with Crippen LogP contribution in [-0.2, 0) is 4.79 Å². The van der Waals surface area contributed by atoms with Crippen LogP contribution in [0.4, 0.5) is 5.69 Å². The highest BCUT2D eigenvalue weighted by Crippen LogP contribution is 2.33. The van der Waals surface area contributed by atoms with Crippen molar-refractivity contribution < 1.29 is 19.2 Å². The number of carboxylic acid groups (broad SMARTS) is 1. The topological polar surface area (TPSA) is 97.5 Å². The molecule has 8 heteroatoms. The van der Waals surface area contributed by atoms with Crippen molar-refractivity contribution in [2.45, 2.75) is 46.1 Å². The molecule has 2 unspecified atom stereocenters. The first-order valence-corrected chi connectivity index (χ1v) is 11.6. The Morgan fingerprint density at radius 1 is 1.27 bits per heavy atom. The van der Waals surface area contributed by atoms with Crippen LogP contribution in [0, 0.1) is 18.8 Å². The Kier molecular flexibility index (Phi) is 6.88. The number of halogens is 1. The van der Waals surface area contributed by atoms with Gasteiger partial charge in [0.2, 0.25) is 5.82 Å². The van der Waals surface area contributed by atoms with E-state index in [-0.39, 0.29) is 12.0 Å². The van der Waals surface area contributed by atoms with Gasteiger partial charge in [-0.1, -0.05) is 16.8 Å². The number of benzene rings is 2. The van der Waals surface area contributed by atoms with Gasteiger partial charge in [-0.15, -0.1) is 0 Å². The molecule has 1 aliphatic rings. The van der Waals surface area contributed by atoms with Gasteiger partial charge in [0.1, 0.15) is 5.75 Å². The molecule has 1 aromatic heterocycles. The zero-order valence-corrected chi connectivity index (χ0v) is 19.7. The predicted molar refractivity (Wildman–Crippen MR) is 128 cm³/mol. The lowest BCUT2D eigenvalue weighted by molar-refractivity contribution is -0.141. The van der Waals surface area contributed by atoms with Crippen LogP contribution in [0.3, 0.4) is 0 Å². The molecule has 174 valence electrons. The second kappa shape index (κ2) is 9.83. The van der Waals surface area contributed by atoms with Crippen LogP contribution in [0.15, 0.2) is 40.9 Å². The quantitative estimate of drug-likeness (QED) is 0.413. The summed E-state index contributed by atoms with van der Waals surface area (Å²) in [7, 11) is 0. The fraction of sp³-hybridized carbons (Fsp3) is 0.400. The van der Waals surface area contributed by atoms with Gasteiger partial charge in [0.25, 0.3) is 5.89 Å². The number of aryl methyl sites for hydroxylation is 1. The number of aliphatic carboxylic acids is 1. The Bertz CT molecular complexity index is 1140. The van der Waals surface area contributed by atoms with Crippen LogP contribution in [0.25, 0.3) is 22.8 Å². The molecular formula is C25H28ClN3O4. The number of nitrogens with zero attached hydrogens (tertiary/aromatic N) is 2. The number of hydrogen-bond acceptors (Lipinski definition) is 6. The van der Waals surface area contributed by atoms with Crippen molar-refractivity contribution in [2.75, 3.05) is 11.9 Å². The molecule has 0 aliphatic heterocycles. The Labute approximate surface area is 198 Å². The first-order valence-electron chi connectivity index (χ1n) is 11.2. The highest BCUT2D eigenvalue weighted by Gasteiger charge is 2.29. The largest absolute Gasteiger partial charge is 0.489 e. The summed E-state index contributed by atoms with van der Waals surface area (Å²) in [5.74, 6) is 1.01. The predicted octanol–water partition coefficient (Wildman–Crippen LogP) is 6.07. The number of rotatable bonds is 8. The number of anilines is 1. The molecule has 3 aromatic rings. The third-order valence-corrected chi connectivity index (χ3v) is 6.22. The van der Waals surface area contributed by atoms with E-state index in [1.165, 1.54) is 0 Å². The minimum atomic E-state index is -0.682. The smallest absolute Gasteiger partial charge is 0.306 e. The van der Waals surface area contributed by atoms with E-state index in [4.69, 9.17) is 20.9 Å². The minimum Gasteiger partial charge on any atom is -0.489 e. The highest BCUT2D eigenvalue weighted by atomic mass is 35.5. The van der Waals surface area contributed by atoms with E-state index in [1.54, 1.807) is 6.07 Å². The van der Waals surface area contributed by atoms with Gasteiger partial charge in [0, 0.05) is 23.4 Å². The molecule has 0 radical (unpaired) electrons. The Morgan fingerprint density at radius 3 is 2.76 bits per heavy atom. The van der Waals surface area contributed by atoms with E-state index in [1.807, 2.05) is 51.1 Å². The van der Waals surface area contributed by atoms with Crippen molar-refractivity contribution in [3.8, 4) is 28.6 Å². The van der Waals surface area contributed by atoms with Gasteiger partial charge in [-0.25, -0.2) is 0 Å². The third kappa shape index (κ3) is 5.47. The summed E-state index contributed by atoms with van der Waals surface area (Å²) in [6, 6.07) is 11.4. The lowest BCUT2D eigenvalue weighted by Crippen LogP contribution is -2.14. The minimum absolute atomic E-state index is 0.0328. The molecule has 0 spiro atoms. The third-order valence-electron chi connectivity index (χ3n) is 5.92. The second-order valence-corrected chi connectivity index (χ2v) is 9.27. The average Bonchev–Trinajstić information content (AvgIpc) is 3.43. The molecule has 33 heavy (non-hydrogen) atoms. The van der Waals surface area contributed by atoms with Crippen molar-refractivity contribution in [3.05, 3.63) is 47.0 Å². The van der Waals surface area contributed by atoms with E-state index < -0.39 is 5.97 Å². The maximum atomic E-state index is 11.1. The Balaban J connectivity index is 1.43. The van der Waals surface area contributed by atoms with E-state index in [9.17, 15) is 9.90 Å². The standard InChI is InChI=1S/C25H28ClN3O4/c1-14(2)32-22-9-6-17(12-21(22)26)23-28-24(33-29-23)20-8-7-19(10-15(20)3)27-13-16-4-5-18(11-16)25(30)31/h6-10,12,14,16,18,27H,4-5,11,13H2,1-3H3,(H,30,31). The van der Waals surface area contributed by atoms with Crippen molar-refractivity contribution in [3.63, 3.8) is 0 Å². The lowest BCUT2D eigenvalue weighted by Gasteiger charge is -2.13. The number of ether oxygens (including phenoxy) is 1. The van der Waals surface area contributed by atoms with Gasteiger partial charge in [-0.2, -0.15) is 4.98 Å². The molecule has 1 aliphatic carbocycles. The number of carboxylic acids is 1. The number of nitrogens with one attached hydrogen (secondary N) is 1. The van der Waals surface area contributed by atoms with Crippen LogP contribution in [-0.4, -0.2) is 33.9 Å². The monoisotopic (exact) mass is 469 g/mol. The molecular weight excluding hydrogens is 442 g/mol. The van der Waals surface area contributed by atoms with Gasteiger partial charge < -0.3 is 19.7 Å². The van der Waals surface area contributed by atoms with Crippen molar-refractivity contribution in [1.29, 1.82) is 0 Å². The molecule has 2 atom stereocenters. The average molecular weight is 470 g/mol. The molecule has 1 saturated carbocycles. The number of hydrogen-bond donors (Lipinski definition) is 2. The Morgan fingerprint density at radius 2 is 2.09 bits per heavy atom. The summed E-state index contributed by atoms with van der Waals surface area (Å²) < 4.78 is 11.2. The summed E-state index contributed by atoms with van der Waals surface area (Å²) in [6.07, 6.45) is 2.47. The summed E-state index contributed by atoms with van der Waals surface area (Å²) >= 11 is 6.34. The zero-order chi connectivity index (χ0) is 23.5. The van der Waals surface area contributed by atoms with E-state index in [0.717, 1.165) is 48.2 Å². The maximum absolute atomic E-state index is 11.1. The van der Waals surface area contributed by atoms with Gasteiger partial charge in [0.15, 0.2) is 0 Å². The maximum Gasteiger partial charge on any atom is 0.306 e. The van der Waals surface area contributed by atoms with E-state index >= 15 is 0 Å². The lowest BCUT2D eigenvalue weighted by atomic mass is 10.0. The molecule has 0 saturated heterocycles. The highest BCUT2D eigenvalue weighted by molar-refractivity contribution is 6.32. The second-order valence-electron chi connectivity index (χ2n) is 8.86. The zero-order valence-electron chi connectivity index (χ0n) is 19.0. The van der Waals surface area contributed by atoms with Gasteiger partial charge in [0.05, 0.1) is 17.0 Å². The van der Waals surface area contributed by atoms with Crippen molar-refractivity contribution in [2.24, 2.45) is 11.8 Å². The van der Waals surface area contributed by atoms with Crippen molar-refractivity contribution >= 4 is 23.3 Å². The summed E-state index contributed by atoms with van der Waals surface area (Å²) in [4.78, 5) is 15.7. The van der Waals surface area contributed by atoms with E-state index in [2.05, 4.69) is 15.5 Å². The summed E-state index contributed by atoms with van der Waals surface area (Å²) in [6.45, 7) is 6.66. The molecule has 0 bridgehead atoms. The van der Waals surface area contributed by atoms with Crippen LogP contribution < -0.4 is 10.1 Å². The summed E-state index contributed by atoms with van der Waals surface area (Å²) in [5.41, 5.74) is 3.60. The van der Waals surface area contributed by atoms with E-state index in [0.29, 0.717) is 28.4 Å². The van der Waals surface area contributed by atoms with Gasteiger partial charge >= 0.3 is 5.97 Å². The molecule has 0 amide bonds. The van der Waals surface area contributed by atoms with Gasteiger partial charge in [-0.05, 0) is 87.9 Å². The van der Waals surface area contributed by atoms with Crippen molar-refractivity contribution in [1.82, 2.24) is 10.1 Å². The number of carbonyl (C=O) groups is 1. The van der Waals surface area contributed by atoms with Crippen LogP contribution in [0.5, 0.6) is 5.75 Å². The van der Waals surface area contributed by atoms with Crippen LogP contribution >= 0.6 is 11.6 Å². The summed E-state index contributed by atoms with van der Waals surface area (Å²) in [5, 5.41) is 17.2. The Hall–Kier alpha value is -3.06. The van der Waals surface area contributed by atoms with Gasteiger partial charge in [-0.3, -0.25) is 4.79 Å². The fourth-order valence-corrected chi connectivity index (χ4v) is 4.43. The molecule has 2 N–H and O–H groups in total. The molecule has 2 aromatic carbocycles. The molecule has 7 nitrogen and oxygen atoms in total. The van der Waals surface area contributed by atoms with Crippen LogP contribution in [0.1, 0.15) is 38.7 Å². The molecule has 1 heterocycles.